The summed E-state index contributed by atoms with van der Waals surface area (Å²) in [4.78, 5) is 0. The van der Waals surface area contributed by atoms with Crippen LogP contribution in [0.5, 0.6) is 0 Å². The van der Waals surface area contributed by atoms with Gasteiger partial charge in [-0.3, -0.25) is 0 Å². The molecule has 1 aromatic carbocycles. The van der Waals surface area contributed by atoms with Gasteiger partial charge in [0.2, 0.25) is 0 Å². The van der Waals surface area contributed by atoms with Crippen molar-refractivity contribution in [1.82, 2.24) is 5.32 Å². The molecule has 0 unspecified atom stereocenters. The van der Waals surface area contributed by atoms with E-state index in [1.807, 2.05) is 0 Å². The quantitative estimate of drug-likeness (QED) is 0.599. The van der Waals surface area contributed by atoms with Gasteiger partial charge >= 0.3 is 0 Å². The molecule has 1 N–H and O–H groups in total. The number of hydrogen-bond donors (Lipinski definition) is 1. The van der Waals surface area contributed by atoms with E-state index in [-0.39, 0.29) is 5.54 Å². The van der Waals surface area contributed by atoms with Crippen molar-refractivity contribution in [2.45, 2.75) is 38.8 Å². The Kier molecular flexibility index (Phi) is 6.08. The van der Waals surface area contributed by atoms with Gasteiger partial charge in [0.25, 0.3) is 0 Å². The Morgan fingerprint density at radius 2 is 1.75 bits per heavy atom. The SMILES string of the molecule is CCC(CC)(CCl)NCc1ccc(I)cc1. The maximum atomic E-state index is 6.05. The summed E-state index contributed by atoms with van der Waals surface area (Å²) in [5, 5.41) is 3.58. The Morgan fingerprint density at radius 1 is 1.19 bits per heavy atom. The van der Waals surface area contributed by atoms with Gasteiger partial charge in [0.05, 0.1) is 0 Å². The number of hydrogen-bond acceptors (Lipinski definition) is 1. The molecule has 0 spiro atoms. The van der Waals surface area contributed by atoms with Gasteiger partial charge in [-0.05, 0) is 53.1 Å². The van der Waals surface area contributed by atoms with Crippen molar-refractivity contribution >= 4 is 34.2 Å². The molecule has 0 bridgehead atoms. The summed E-state index contributed by atoms with van der Waals surface area (Å²) in [6.07, 6.45) is 2.13. The van der Waals surface area contributed by atoms with Gasteiger partial charge in [0, 0.05) is 21.5 Å². The lowest BCUT2D eigenvalue weighted by molar-refractivity contribution is 0.334. The fraction of sp³-hybridized carbons (Fsp3) is 0.538. The van der Waals surface area contributed by atoms with Gasteiger partial charge in [-0.1, -0.05) is 26.0 Å². The molecule has 0 aromatic heterocycles. The number of rotatable bonds is 6. The summed E-state index contributed by atoms with van der Waals surface area (Å²) < 4.78 is 1.27. The van der Waals surface area contributed by atoms with Crippen LogP contribution in [0.25, 0.3) is 0 Å². The molecule has 0 saturated carbocycles. The minimum atomic E-state index is 0.0878. The molecule has 0 fully saturated rings. The molecular formula is C13H19ClIN. The zero-order chi connectivity index (χ0) is 12.0. The molecule has 90 valence electrons. The van der Waals surface area contributed by atoms with Crippen molar-refractivity contribution in [3.05, 3.63) is 33.4 Å². The van der Waals surface area contributed by atoms with Gasteiger partial charge in [-0.15, -0.1) is 11.6 Å². The molecule has 0 radical (unpaired) electrons. The number of halogens is 2. The summed E-state index contributed by atoms with van der Waals surface area (Å²) in [7, 11) is 0. The van der Waals surface area contributed by atoms with Gasteiger partial charge < -0.3 is 5.32 Å². The van der Waals surface area contributed by atoms with Crippen molar-refractivity contribution in [3.8, 4) is 0 Å². The number of benzene rings is 1. The van der Waals surface area contributed by atoms with E-state index in [1.54, 1.807) is 0 Å². The first-order valence-electron chi connectivity index (χ1n) is 5.71. The van der Waals surface area contributed by atoms with Crippen LogP contribution in [-0.4, -0.2) is 11.4 Å². The molecule has 1 aromatic rings. The van der Waals surface area contributed by atoms with Crippen molar-refractivity contribution in [3.63, 3.8) is 0 Å². The van der Waals surface area contributed by atoms with Gasteiger partial charge in [0.1, 0.15) is 0 Å². The Hall–Kier alpha value is 0.200. The molecule has 1 nitrogen and oxygen atoms in total. The van der Waals surface area contributed by atoms with Crippen molar-refractivity contribution in [2.24, 2.45) is 0 Å². The van der Waals surface area contributed by atoms with E-state index in [2.05, 4.69) is 66.0 Å². The normalized spacial score (nSPS) is 11.8. The van der Waals surface area contributed by atoms with Crippen LogP contribution in [0, 0.1) is 3.57 Å². The predicted octanol–water partition coefficient (Wildman–Crippen LogP) is 4.18. The van der Waals surface area contributed by atoms with Crippen LogP contribution in [0.15, 0.2) is 24.3 Å². The molecular weight excluding hydrogens is 333 g/mol. The van der Waals surface area contributed by atoms with Crippen molar-refractivity contribution in [1.29, 1.82) is 0 Å². The molecule has 1 rings (SSSR count). The molecule has 0 saturated heterocycles. The van der Waals surface area contributed by atoms with E-state index < -0.39 is 0 Å². The van der Waals surface area contributed by atoms with Gasteiger partial charge in [-0.25, -0.2) is 0 Å². The lowest BCUT2D eigenvalue weighted by atomic mass is 9.95. The molecule has 0 aliphatic rings. The smallest absolute Gasteiger partial charge is 0.0405 e. The number of alkyl halides is 1. The van der Waals surface area contributed by atoms with Crippen molar-refractivity contribution in [2.75, 3.05) is 5.88 Å². The largest absolute Gasteiger partial charge is 0.306 e. The first kappa shape index (κ1) is 14.3. The summed E-state index contributed by atoms with van der Waals surface area (Å²) in [5.41, 5.74) is 1.40. The van der Waals surface area contributed by atoms with Crippen LogP contribution in [0.1, 0.15) is 32.3 Å². The van der Waals surface area contributed by atoms with Gasteiger partial charge in [-0.2, -0.15) is 0 Å². The third kappa shape index (κ3) is 3.90. The fourth-order valence-corrected chi connectivity index (χ4v) is 2.46. The molecule has 3 heteroatoms. The second kappa shape index (κ2) is 6.82. The second-order valence-corrected chi connectivity index (χ2v) is 5.61. The topological polar surface area (TPSA) is 12.0 Å². The molecule has 0 amide bonds. The minimum absolute atomic E-state index is 0.0878. The molecule has 0 heterocycles. The molecule has 16 heavy (non-hydrogen) atoms. The summed E-state index contributed by atoms with van der Waals surface area (Å²) in [6, 6.07) is 8.61. The van der Waals surface area contributed by atoms with Crippen LogP contribution in [-0.2, 0) is 6.54 Å². The average Bonchev–Trinajstić information content (AvgIpc) is 2.34. The van der Waals surface area contributed by atoms with Gasteiger partial charge in [0.15, 0.2) is 0 Å². The predicted molar refractivity (Wildman–Crippen MR) is 80.0 cm³/mol. The average molecular weight is 352 g/mol. The van der Waals surface area contributed by atoms with E-state index in [0.29, 0.717) is 5.88 Å². The van der Waals surface area contributed by atoms with E-state index in [0.717, 1.165) is 19.4 Å². The second-order valence-electron chi connectivity index (χ2n) is 4.10. The molecule has 0 atom stereocenters. The van der Waals surface area contributed by atoms with E-state index in [4.69, 9.17) is 11.6 Å². The first-order chi connectivity index (χ1) is 7.65. The lowest BCUT2D eigenvalue weighted by Crippen LogP contribution is -2.45. The maximum Gasteiger partial charge on any atom is 0.0405 e. The third-order valence-electron chi connectivity index (χ3n) is 3.19. The van der Waals surface area contributed by atoms with Crippen LogP contribution in [0.2, 0.25) is 0 Å². The summed E-state index contributed by atoms with van der Waals surface area (Å²) in [5.74, 6) is 0.671. The highest BCUT2D eigenvalue weighted by atomic mass is 127. The van der Waals surface area contributed by atoms with E-state index in [1.165, 1.54) is 9.13 Å². The highest BCUT2D eigenvalue weighted by molar-refractivity contribution is 14.1. The monoisotopic (exact) mass is 351 g/mol. The lowest BCUT2D eigenvalue weighted by Gasteiger charge is -2.31. The van der Waals surface area contributed by atoms with Crippen LogP contribution >= 0.6 is 34.2 Å². The van der Waals surface area contributed by atoms with Crippen LogP contribution < -0.4 is 5.32 Å². The Balaban J connectivity index is 2.58. The standard InChI is InChI=1S/C13H19ClIN/c1-3-13(4-2,10-14)16-9-11-5-7-12(15)8-6-11/h5-8,16H,3-4,9-10H2,1-2H3. The number of nitrogens with one attached hydrogen (secondary N) is 1. The Morgan fingerprint density at radius 3 is 2.19 bits per heavy atom. The highest BCUT2D eigenvalue weighted by Crippen LogP contribution is 2.18. The molecule has 0 aliphatic carbocycles. The van der Waals surface area contributed by atoms with Crippen LogP contribution in [0.4, 0.5) is 0 Å². The summed E-state index contributed by atoms with van der Waals surface area (Å²) >= 11 is 8.37. The van der Waals surface area contributed by atoms with Crippen molar-refractivity contribution < 1.29 is 0 Å². The fourth-order valence-electron chi connectivity index (χ4n) is 1.63. The zero-order valence-corrected chi connectivity index (χ0v) is 12.8. The Bertz CT molecular complexity index is 298. The van der Waals surface area contributed by atoms with Crippen LogP contribution in [0.3, 0.4) is 0 Å². The maximum absolute atomic E-state index is 6.05. The van der Waals surface area contributed by atoms with E-state index in [9.17, 15) is 0 Å². The zero-order valence-electron chi connectivity index (χ0n) is 9.89. The summed E-state index contributed by atoms with van der Waals surface area (Å²) in [6.45, 7) is 5.27. The third-order valence-corrected chi connectivity index (χ3v) is 4.42. The molecule has 0 aliphatic heterocycles. The highest BCUT2D eigenvalue weighted by Gasteiger charge is 2.23. The minimum Gasteiger partial charge on any atom is -0.306 e. The first-order valence-corrected chi connectivity index (χ1v) is 7.32. The van der Waals surface area contributed by atoms with E-state index >= 15 is 0 Å². The Labute approximate surface area is 117 Å².